The molecular weight excluding hydrogens is 209 g/mol. The van der Waals surface area contributed by atoms with E-state index in [1.807, 2.05) is 0 Å². The summed E-state index contributed by atoms with van der Waals surface area (Å²) in [5, 5.41) is 3.25. The van der Waals surface area contributed by atoms with Crippen LogP contribution in [-0.2, 0) is 4.74 Å². The quantitative estimate of drug-likeness (QED) is 0.844. The zero-order valence-electron chi connectivity index (χ0n) is 9.12. The number of morpholine rings is 1. The Hall–Kier alpha value is -1.13. The van der Waals surface area contributed by atoms with Crippen LogP contribution in [0.25, 0.3) is 0 Å². The average molecular weight is 225 g/mol. The Morgan fingerprint density at radius 1 is 1.50 bits per heavy atom. The number of hydrogen-bond donors (Lipinski definition) is 1. The maximum absolute atomic E-state index is 12.8. The minimum atomic E-state index is -0.270. The van der Waals surface area contributed by atoms with Crippen molar-refractivity contribution in [1.82, 2.24) is 5.32 Å². The summed E-state index contributed by atoms with van der Waals surface area (Å²) in [6.45, 7) is 3.09. The normalized spacial score (nSPS) is 20.7. The molecular formula is C12H16FNO2. The number of nitrogens with one attached hydrogen (secondary N) is 1. The second kappa shape index (κ2) is 5.82. The Balaban J connectivity index is 1.71. The second-order valence-electron chi connectivity index (χ2n) is 3.79. The first-order chi connectivity index (χ1) is 7.84. The Kier molecular flexibility index (Phi) is 4.13. The van der Waals surface area contributed by atoms with Gasteiger partial charge in [-0.25, -0.2) is 4.39 Å². The van der Waals surface area contributed by atoms with Gasteiger partial charge in [0.25, 0.3) is 0 Å². The molecule has 0 amide bonds. The molecule has 0 aliphatic carbocycles. The lowest BCUT2D eigenvalue weighted by Crippen LogP contribution is -2.39. The molecule has 1 fully saturated rings. The second-order valence-corrected chi connectivity index (χ2v) is 3.79. The fourth-order valence-corrected chi connectivity index (χ4v) is 1.67. The van der Waals surface area contributed by atoms with E-state index in [-0.39, 0.29) is 11.9 Å². The lowest BCUT2D eigenvalue weighted by Gasteiger charge is -2.23. The summed E-state index contributed by atoms with van der Waals surface area (Å²) in [6, 6.07) is 6.19. The van der Waals surface area contributed by atoms with E-state index in [0.717, 1.165) is 26.1 Å². The third-order valence-corrected chi connectivity index (χ3v) is 2.51. The van der Waals surface area contributed by atoms with Gasteiger partial charge in [0.15, 0.2) is 0 Å². The molecule has 1 N–H and O–H groups in total. The SMILES string of the molecule is Fc1cccc(OCCC2CNCCO2)c1. The Morgan fingerprint density at radius 2 is 2.44 bits per heavy atom. The molecule has 1 aromatic rings. The first kappa shape index (κ1) is 11.4. The molecule has 0 saturated carbocycles. The van der Waals surface area contributed by atoms with Gasteiger partial charge >= 0.3 is 0 Å². The van der Waals surface area contributed by atoms with E-state index in [1.54, 1.807) is 12.1 Å². The molecule has 1 aliphatic heterocycles. The van der Waals surface area contributed by atoms with Crippen LogP contribution in [0.5, 0.6) is 5.75 Å². The van der Waals surface area contributed by atoms with E-state index in [4.69, 9.17) is 9.47 Å². The van der Waals surface area contributed by atoms with Crippen LogP contribution in [0.3, 0.4) is 0 Å². The smallest absolute Gasteiger partial charge is 0.126 e. The van der Waals surface area contributed by atoms with E-state index in [0.29, 0.717) is 12.4 Å². The van der Waals surface area contributed by atoms with Gasteiger partial charge < -0.3 is 14.8 Å². The predicted octanol–water partition coefficient (Wildman–Crippen LogP) is 1.58. The summed E-state index contributed by atoms with van der Waals surface area (Å²) in [5.74, 6) is 0.303. The van der Waals surface area contributed by atoms with Crippen LogP contribution in [0.1, 0.15) is 6.42 Å². The molecule has 1 saturated heterocycles. The molecule has 1 unspecified atom stereocenters. The summed E-state index contributed by atoms with van der Waals surface area (Å²) in [6.07, 6.45) is 1.03. The van der Waals surface area contributed by atoms with Crippen molar-refractivity contribution in [2.75, 3.05) is 26.3 Å². The minimum absolute atomic E-state index is 0.210. The largest absolute Gasteiger partial charge is 0.493 e. The maximum atomic E-state index is 12.8. The Labute approximate surface area is 94.6 Å². The first-order valence-electron chi connectivity index (χ1n) is 5.55. The van der Waals surface area contributed by atoms with Crippen molar-refractivity contribution in [3.8, 4) is 5.75 Å². The Bertz CT molecular complexity index is 327. The van der Waals surface area contributed by atoms with Crippen molar-refractivity contribution in [1.29, 1.82) is 0 Å². The third kappa shape index (κ3) is 3.47. The lowest BCUT2D eigenvalue weighted by molar-refractivity contribution is 0.0159. The van der Waals surface area contributed by atoms with Crippen LogP contribution in [-0.4, -0.2) is 32.4 Å². The zero-order valence-corrected chi connectivity index (χ0v) is 9.12. The molecule has 1 heterocycles. The minimum Gasteiger partial charge on any atom is -0.493 e. The van der Waals surface area contributed by atoms with Gasteiger partial charge in [0.2, 0.25) is 0 Å². The van der Waals surface area contributed by atoms with Crippen molar-refractivity contribution in [2.24, 2.45) is 0 Å². The number of rotatable bonds is 4. The van der Waals surface area contributed by atoms with Crippen LogP contribution in [0.15, 0.2) is 24.3 Å². The zero-order chi connectivity index (χ0) is 11.2. The monoisotopic (exact) mass is 225 g/mol. The molecule has 0 bridgehead atoms. The molecule has 16 heavy (non-hydrogen) atoms. The number of benzene rings is 1. The number of ether oxygens (including phenoxy) is 2. The summed E-state index contributed by atoms with van der Waals surface area (Å²) < 4.78 is 23.8. The summed E-state index contributed by atoms with van der Waals surface area (Å²) in [4.78, 5) is 0. The van der Waals surface area contributed by atoms with Gasteiger partial charge in [-0.2, -0.15) is 0 Å². The van der Waals surface area contributed by atoms with Gasteiger partial charge in [-0.1, -0.05) is 6.07 Å². The van der Waals surface area contributed by atoms with E-state index in [9.17, 15) is 4.39 Å². The molecule has 4 heteroatoms. The standard InChI is InChI=1S/C12H16FNO2/c13-10-2-1-3-11(8-10)15-6-4-12-9-14-5-7-16-12/h1-3,8,12,14H,4-7,9H2. The van der Waals surface area contributed by atoms with Crippen molar-refractivity contribution in [2.45, 2.75) is 12.5 Å². The fraction of sp³-hybridized carbons (Fsp3) is 0.500. The maximum Gasteiger partial charge on any atom is 0.126 e. The van der Waals surface area contributed by atoms with Crippen LogP contribution in [0.2, 0.25) is 0 Å². The Morgan fingerprint density at radius 3 is 3.19 bits per heavy atom. The number of hydrogen-bond acceptors (Lipinski definition) is 3. The summed E-state index contributed by atoms with van der Waals surface area (Å²) in [7, 11) is 0. The molecule has 0 aromatic heterocycles. The lowest BCUT2D eigenvalue weighted by atomic mass is 10.2. The van der Waals surface area contributed by atoms with Crippen molar-refractivity contribution < 1.29 is 13.9 Å². The van der Waals surface area contributed by atoms with Gasteiger partial charge in [0.05, 0.1) is 19.3 Å². The van der Waals surface area contributed by atoms with E-state index in [2.05, 4.69) is 5.32 Å². The first-order valence-corrected chi connectivity index (χ1v) is 5.55. The molecule has 3 nitrogen and oxygen atoms in total. The highest BCUT2D eigenvalue weighted by Gasteiger charge is 2.12. The van der Waals surface area contributed by atoms with Gasteiger partial charge in [-0.05, 0) is 12.1 Å². The molecule has 0 spiro atoms. The van der Waals surface area contributed by atoms with E-state index < -0.39 is 0 Å². The molecule has 88 valence electrons. The van der Waals surface area contributed by atoms with Crippen LogP contribution in [0.4, 0.5) is 4.39 Å². The predicted molar refractivity (Wildman–Crippen MR) is 59.1 cm³/mol. The highest BCUT2D eigenvalue weighted by Crippen LogP contribution is 2.12. The van der Waals surface area contributed by atoms with Gasteiger partial charge in [-0.15, -0.1) is 0 Å². The third-order valence-electron chi connectivity index (χ3n) is 2.51. The van der Waals surface area contributed by atoms with Crippen LogP contribution >= 0.6 is 0 Å². The van der Waals surface area contributed by atoms with Crippen molar-refractivity contribution in [3.05, 3.63) is 30.1 Å². The highest BCUT2D eigenvalue weighted by atomic mass is 19.1. The van der Waals surface area contributed by atoms with E-state index >= 15 is 0 Å². The topological polar surface area (TPSA) is 30.5 Å². The van der Waals surface area contributed by atoms with Gasteiger partial charge in [0, 0.05) is 25.6 Å². The molecule has 1 atom stereocenters. The van der Waals surface area contributed by atoms with Gasteiger partial charge in [-0.3, -0.25) is 0 Å². The highest BCUT2D eigenvalue weighted by molar-refractivity contribution is 5.22. The van der Waals surface area contributed by atoms with Crippen molar-refractivity contribution in [3.63, 3.8) is 0 Å². The van der Waals surface area contributed by atoms with Crippen LogP contribution in [0, 0.1) is 5.82 Å². The summed E-state index contributed by atoms with van der Waals surface area (Å²) in [5.41, 5.74) is 0. The molecule has 1 aliphatic rings. The number of halogens is 1. The molecule has 1 aromatic carbocycles. The van der Waals surface area contributed by atoms with E-state index in [1.165, 1.54) is 12.1 Å². The fourth-order valence-electron chi connectivity index (χ4n) is 1.67. The summed E-state index contributed by atoms with van der Waals surface area (Å²) >= 11 is 0. The average Bonchev–Trinajstić information content (AvgIpc) is 2.30. The molecule has 2 rings (SSSR count). The van der Waals surface area contributed by atoms with Crippen LogP contribution < -0.4 is 10.1 Å². The van der Waals surface area contributed by atoms with Crippen molar-refractivity contribution >= 4 is 0 Å². The molecule has 0 radical (unpaired) electrons. The van der Waals surface area contributed by atoms with Gasteiger partial charge in [0.1, 0.15) is 11.6 Å².